The molecular formula is C29H26ClN3O5. The molecule has 9 heteroatoms. The van der Waals surface area contributed by atoms with Crippen molar-refractivity contribution < 1.29 is 23.9 Å². The second-order valence-corrected chi connectivity index (χ2v) is 9.18. The van der Waals surface area contributed by atoms with Crippen molar-refractivity contribution in [1.29, 1.82) is 0 Å². The number of imide groups is 1. The standard InChI is InChI=1S/C29H26ClN3O5/c1-4-38-29(37)18-12-14-21(15-13-18)33-27(35)24(30)25(28(33)36)31-20-9-7-8-19(16-20)26(34)32-23-11-6-5-10-22(23)17(2)3/h5-17,31H,4H2,1-3H3,(H,32,34). The van der Waals surface area contributed by atoms with Crippen LogP contribution < -0.4 is 15.5 Å². The van der Waals surface area contributed by atoms with Gasteiger partial charge in [0.2, 0.25) is 0 Å². The number of para-hydroxylation sites is 1. The molecule has 38 heavy (non-hydrogen) atoms. The molecule has 0 bridgehead atoms. The van der Waals surface area contributed by atoms with Gasteiger partial charge in [0.25, 0.3) is 17.7 Å². The molecule has 4 rings (SSSR count). The zero-order valence-corrected chi connectivity index (χ0v) is 21.8. The molecule has 0 saturated heterocycles. The summed E-state index contributed by atoms with van der Waals surface area (Å²) in [6, 6.07) is 20.0. The first-order valence-corrected chi connectivity index (χ1v) is 12.4. The Balaban J connectivity index is 1.51. The van der Waals surface area contributed by atoms with Crippen LogP contribution >= 0.6 is 11.6 Å². The molecule has 0 fully saturated rings. The van der Waals surface area contributed by atoms with Crippen molar-refractivity contribution in [2.24, 2.45) is 0 Å². The first-order chi connectivity index (χ1) is 18.2. The number of esters is 1. The van der Waals surface area contributed by atoms with E-state index < -0.39 is 17.8 Å². The highest BCUT2D eigenvalue weighted by Crippen LogP contribution is 2.31. The molecule has 8 nitrogen and oxygen atoms in total. The number of halogens is 1. The van der Waals surface area contributed by atoms with Crippen LogP contribution in [0.5, 0.6) is 0 Å². The fraction of sp³-hybridized carbons (Fsp3) is 0.172. The second kappa shape index (κ2) is 11.3. The summed E-state index contributed by atoms with van der Waals surface area (Å²) in [5.41, 5.74) is 2.92. The molecule has 1 aliphatic rings. The zero-order valence-electron chi connectivity index (χ0n) is 21.1. The Bertz CT molecular complexity index is 1450. The number of carbonyl (C=O) groups is 4. The topological polar surface area (TPSA) is 105 Å². The quantitative estimate of drug-likeness (QED) is 0.286. The summed E-state index contributed by atoms with van der Waals surface area (Å²) in [6.07, 6.45) is 0. The molecule has 0 spiro atoms. The SMILES string of the molecule is CCOC(=O)c1ccc(N2C(=O)C(Cl)=C(Nc3cccc(C(=O)Nc4ccccc4C(C)C)c3)C2=O)cc1. The Kier molecular flexibility index (Phi) is 7.93. The Labute approximate surface area is 225 Å². The fourth-order valence-corrected chi connectivity index (χ4v) is 4.21. The van der Waals surface area contributed by atoms with Crippen LogP contribution in [-0.4, -0.2) is 30.3 Å². The lowest BCUT2D eigenvalue weighted by molar-refractivity contribution is -0.120. The van der Waals surface area contributed by atoms with Gasteiger partial charge in [-0.05, 0) is 66.9 Å². The van der Waals surface area contributed by atoms with E-state index in [0.717, 1.165) is 16.2 Å². The minimum Gasteiger partial charge on any atom is -0.462 e. The lowest BCUT2D eigenvalue weighted by Gasteiger charge is -2.16. The van der Waals surface area contributed by atoms with Crippen molar-refractivity contribution in [3.63, 3.8) is 0 Å². The molecule has 3 aromatic carbocycles. The number of ether oxygens (including phenoxy) is 1. The Hall–Kier alpha value is -4.43. The molecule has 0 atom stereocenters. The van der Waals surface area contributed by atoms with Gasteiger partial charge in [0.1, 0.15) is 10.7 Å². The van der Waals surface area contributed by atoms with Crippen molar-refractivity contribution in [1.82, 2.24) is 0 Å². The van der Waals surface area contributed by atoms with E-state index in [2.05, 4.69) is 10.6 Å². The normalized spacial score (nSPS) is 13.2. The van der Waals surface area contributed by atoms with E-state index >= 15 is 0 Å². The van der Waals surface area contributed by atoms with E-state index in [-0.39, 0.29) is 34.8 Å². The zero-order chi connectivity index (χ0) is 27.4. The van der Waals surface area contributed by atoms with Gasteiger partial charge in [-0.2, -0.15) is 0 Å². The van der Waals surface area contributed by atoms with Gasteiger partial charge in [-0.3, -0.25) is 14.4 Å². The summed E-state index contributed by atoms with van der Waals surface area (Å²) in [5, 5.41) is 5.54. The van der Waals surface area contributed by atoms with E-state index in [4.69, 9.17) is 16.3 Å². The number of hydrogen-bond donors (Lipinski definition) is 2. The van der Waals surface area contributed by atoms with E-state index in [1.807, 2.05) is 38.1 Å². The van der Waals surface area contributed by atoms with E-state index in [9.17, 15) is 19.2 Å². The van der Waals surface area contributed by atoms with Gasteiger partial charge in [-0.15, -0.1) is 0 Å². The summed E-state index contributed by atoms with van der Waals surface area (Å²) in [6.45, 7) is 6.02. The molecule has 0 radical (unpaired) electrons. The molecular weight excluding hydrogens is 506 g/mol. The fourth-order valence-electron chi connectivity index (χ4n) is 4.00. The van der Waals surface area contributed by atoms with Crippen LogP contribution in [-0.2, 0) is 14.3 Å². The Morgan fingerprint density at radius 2 is 1.63 bits per heavy atom. The van der Waals surface area contributed by atoms with E-state index in [0.29, 0.717) is 16.8 Å². The van der Waals surface area contributed by atoms with Crippen molar-refractivity contribution >= 4 is 52.4 Å². The molecule has 3 aromatic rings. The number of nitrogens with one attached hydrogen (secondary N) is 2. The average Bonchev–Trinajstić information content (AvgIpc) is 3.12. The van der Waals surface area contributed by atoms with Crippen molar-refractivity contribution in [3.8, 4) is 0 Å². The second-order valence-electron chi connectivity index (χ2n) is 8.80. The maximum Gasteiger partial charge on any atom is 0.338 e. The van der Waals surface area contributed by atoms with Gasteiger partial charge < -0.3 is 15.4 Å². The molecule has 1 aliphatic heterocycles. The minimum atomic E-state index is -0.706. The van der Waals surface area contributed by atoms with Crippen LogP contribution in [0.1, 0.15) is 53.0 Å². The third kappa shape index (κ3) is 5.45. The van der Waals surface area contributed by atoms with Gasteiger partial charge in [0, 0.05) is 16.9 Å². The summed E-state index contributed by atoms with van der Waals surface area (Å²) in [5.74, 6) is -1.97. The van der Waals surface area contributed by atoms with Gasteiger partial charge in [-0.25, -0.2) is 9.69 Å². The smallest absolute Gasteiger partial charge is 0.338 e. The molecule has 194 valence electrons. The van der Waals surface area contributed by atoms with Crippen LogP contribution in [0.4, 0.5) is 17.1 Å². The summed E-state index contributed by atoms with van der Waals surface area (Å²) >= 11 is 6.25. The predicted octanol–water partition coefficient (Wildman–Crippen LogP) is 5.67. The summed E-state index contributed by atoms with van der Waals surface area (Å²) in [7, 11) is 0. The van der Waals surface area contributed by atoms with Gasteiger partial charge in [0.05, 0.1) is 17.9 Å². The van der Waals surface area contributed by atoms with Crippen LogP contribution in [0, 0.1) is 0 Å². The summed E-state index contributed by atoms with van der Waals surface area (Å²) in [4.78, 5) is 51.8. The maximum absolute atomic E-state index is 13.1. The van der Waals surface area contributed by atoms with Crippen LogP contribution in [0.15, 0.2) is 83.5 Å². The van der Waals surface area contributed by atoms with Gasteiger partial charge in [-0.1, -0.05) is 49.7 Å². The molecule has 0 aromatic heterocycles. The van der Waals surface area contributed by atoms with Crippen molar-refractivity contribution in [3.05, 3.63) is 100 Å². The van der Waals surface area contributed by atoms with Crippen LogP contribution in [0.25, 0.3) is 0 Å². The van der Waals surface area contributed by atoms with E-state index in [1.54, 1.807) is 31.2 Å². The van der Waals surface area contributed by atoms with Crippen LogP contribution in [0.3, 0.4) is 0 Å². The number of carbonyl (C=O) groups excluding carboxylic acids is 4. The maximum atomic E-state index is 13.1. The first-order valence-electron chi connectivity index (χ1n) is 12.0. The molecule has 2 N–H and O–H groups in total. The van der Waals surface area contributed by atoms with Gasteiger partial charge in [0.15, 0.2) is 0 Å². The highest BCUT2D eigenvalue weighted by Gasteiger charge is 2.39. The third-order valence-electron chi connectivity index (χ3n) is 5.89. The van der Waals surface area contributed by atoms with Crippen LogP contribution in [0.2, 0.25) is 0 Å². The summed E-state index contributed by atoms with van der Waals surface area (Å²) < 4.78 is 4.96. The Morgan fingerprint density at radius 3 is 2.32 bits per heavy atom. The average molecular weight is 532 g/mol. The minimum absolute atomic E-state index is 0.117. The number of anilines is 3. The number of amides is 3. The number of rotatable bonds is 8. The highest BCUT2D eigenvalue weighted by molar-refractivity contribution is 6.53. The lowest BCUT2D eigenvalue weighted by atomic mass is 10.0. The molecule has 3 amide bonds. The number of hydrogen-bond acceptors (Lipinski definition) is 6. The van der Waals surface area contributed by atoms with Crippen molar-refractivity contribution in [2.75, 3.05) is 22.1 Å². The largest absolute Gasteiger partial charge is 0.462 e. The Morgan fingerprint density at radius 1 is 0.921 bits per heavy atom. The number of benzene rings is 3. The third-order valence-corrected chi connectivity index (χ3v) is 6.24. The van der Waals surface area contributed by atoms with Crippen molar-refractivity contribution in [2.45, 2.75) is 26.7 Å². The van der Waals surface area contributed by atoms with E-state index in [1.165, 1.54) is 24.3 Å². The number of nitrogens with zero attached hydrogens (tertiary/aromatic N) is 1. The highest BCUT2D eigenvalue weighted by atomic mass is 35.5. The molecule has 0 saturated carbocycles. The lowest BCUT2D eigenvalue weighted by Crippen LogP contribution is -2.32. The predicted molar refractivity (Wildman–Crippen MR) is 146 cm³/mol. The first kappa shape index (κ1) is 26.6. The monoisotopic (exact) mass is 531 g/mol. The molecule has 0 aliphatic carbocycles. The molecule has 1 heterocycles. The molecule has 0 unspecified atom stereocenters. The van der Waals surface area contributed by atoms with Gasteiger partial charge >= 0.3 is 5.97 Å².